The quantitative estimate of drug-likeness (QED) is 0.835. The van der Waals surface area contributed by atoms with Crippen molar-refractivity contribution < 1.29 is 4.52 Å². The van der Waals surface area contributed by atoms with Crippen LogP contribution in [0.4, 0.5) is 0 Å². The summed E-state index contributed by atoms with van der Waals surface area (Å²) in [5.41, 5.74) is 2.17. The zero-order chi connectivity index (χ0) is 10.7. The number of aromatic nitrogens is 1. The Morgan fingerprint density at radius 3 is 2.93 bits per heavy atom. The van der Waals surface area contributed by atoms with Gasteiger partial charge in [0.2, 0.25) is 0 Å². The van der Waals surface area contributed by atoms with Crippen molar-refractivity contribution >= 4 is 16.9 Å². The third-order valence-electron chi connectivity index (χ3n) is 2.40. The zero-order valence-corrected chi connectivity index (χ0v) is 9.86. The third-order valence-corrected chi connectivity index (χ3v) is 3.38. The van der Waals surface area contributed by atoms with E-state index in [1.165, 1.54) is 5.56 Å². The molecule has 0 saturated heterocycles. The fourth-order valence-electron chi connectivity index (χ4n) is 1.46. The van der Waals surface area contributed by atoms with E-state index in [0.29, 0.717) is 0 Å². The molecule has 0 aliphatic carbocycles. The third kappa shape index (κ3) is 2.53. The maximum atomic E-state index is 5.11. The van der Waals surface area contributed by atoms with E-state index < -0.39 is 0 Å². The second kappa shape index (κ2) is 4.70. The molecule has 15 heavy (non-hydrogen) atoms. The van der Waals surface area contributed by atoms with E-state index in [1.807, 2.05) is 13.8 Å². The largest absolute Gasteiger partial charge is 0.365 e. The first-order chi connectivity index (χ1) is 7.27. The van der Waals surface area contributed by atoms with Gasteiger partial charge in [-0.2, -0.15) is 0 Å². The standard InChI is InChI=1S/C10H15N3OS/c1-7-9(8(2)14-13-7)6-15-10-11-4-3-5-12-10/h3-6H2,1-2H3,(H,11,12). The Hall–Kier alpha value is -0.970. The summed E-state index contributed by atoms with van der Waals surface area (Å²) >= 11 is 1.72. The lowest BCUT2D eigenvalue weighted by molar-refractivity contribution is 0.392. The van der Waals surface area contributed by atoms with Crippen LogP contribution in [0, 0.1) is 13.8 Å². The number of nitrogens with one attached hydrogen (secondary N) is 1. The molecular weight excluding hydrogens is 210 g/mol. The predicted octanol–water partition coefficient (Wildman–Crippen LogP) is 1.87. The van der Waals surface area contributed by atoms with Crippen molar-refractivity contribution in [3.05, 3.63) is 17.0 Å². The Balaban J connectivity index is 1.95. The molecule has 1 N–H and O–H groups in total. The van der Waals surface area contributed by atoms with Gasteiger partial charge in [0.15, 0.2) is 5.17 Å². The molecule has 1 aromatic rings. The molecule has 0 spiro atoms. The fourth-order valence-corrected chi connectivity index (χ4v) is 2.54. The minimum atomic E-state index is 0.882. The highest BCUT2D eigenvalue weighted by atomic mass is 32.2. The molecule has 2 heterocycles. The minimum Gasteiger partial charge on any atom is -0.365 e. The molecule has 2 rings (SSSR count). The predicted molar refractivity (Wildman–Crippen MR) is 62.2 cm³/mol. The summed E-state index contributed by atoms with van der Waals surface area (Å²) < 4.78 is 5.11. The monoisotopic (exact) mass is 225 g/mol. The van der Waals surface area contributed by atoms with Crippen molar-refractivity contribution in [3.8, 4) is 0 Å². The van der Waals surface area contributed by atoms with E-state index in [1.54, 1.807) is 11.8 Å². The van der Waals surface area contributed by atoms with Crippen LogP contribution in [-0.4, -0.2) is 23.4 Å². The average molecular weight is 225 g/mol. The summed E-state index contributed by atoms with van der Waals surface area (Å²) in [6.45, 7) is 5.90. The van der Waals surface area contributed by atoms with E-state index in [2.05, 4.69) is 15.5 Å². The Kier molecular flexibility index (Phi) is 3.30. The Morgan fingerprint density at radius 1 is 1.47 bits per heavy atom. The molecule has 0 saturated carbocycles. The van der Waals surface area contributed by atoms with E-state index in [-0.39, 0.29) is 0 Å². The molecule has 0 unspecified atom stereocenters. The first kappa shape index (κ1) is 10.5. The van der Waals surface area contributed by atoms with Crippen molar-refractivity contribution in [2.24, 2.45) is 4.99 Å². The number of hydrogen-bond acceptors (Lipinski definition) is 5. The fraction of sp³-hybridized carbons (Fsp3) is 0.600. The number of rotatable bonds is 2. The Morgan fingerprint density at radius 2 is 2.33 bits per heavy atom. The SMILES string of the molecule is Cc1noc(C)c1CSC1=NCCCN1. The van der Waals surface area contributed by atoms with Crippen molar-refractivity contribution in [2.75, 3.05) is 13.1 Å². The maximum absolute atomic E-state index is 5.11. The molecule has 4 nitrogen and oxygen atoms in total. The number of thioether (sulfide) groups is 1. The highest BCUT2D eigenvalue weighted by Crippen LogP contribution is 2.20. The van der Waals surface area contributed by atoms with Crippen LogP contribution in [0.1, 0.15) is 23.4 Å². The molecule has 0 bridgehead atoms. The first-order valence-corrected chi connectivity index (χ1v) is 6.09. The average Bonchev–Trinajstić information content (AvgIpc) is 2.58. The van der Waals surface area contributed by atoms with E-state index in [0.717, 1.165) is 41.9 Å². The van der Waals surface area contributed by atoms with Crippen LogP contribution in [0.5, 0.6) is 0 Å². The van der Waals surface area contributed by atoms with Gasteiger partial charge < -0.3 is 9.84 Å². The molecule has 0 aromatic carbocycles. The molecule has 0 atom stereocenters. The van der Waals surface area contributed by atoms with Gasteiger partial charge >= 0.3 is 0 Å². The van der Waals surface area contributed by atoms with Gasteiger partial charge in [0.05, 0.1) is 5.69 Å². The van der Waals surface area contributed by atoms with Crippen molar-refractivity contribution in [2.45, 2.75) is 26.0 Å². The molecule has 1 aliphatic heterocycles. The van der Waals surface area contributed by atoms with Crippen LogP contribution in [0.15, 0.2) is 9.52 Å². The van der Waals surface area contributed by atoms with Crippen LogP contribution < -0.4 is 5.32 Å². The van der Waals surface area contributed by atoms with Crippen molar-refractivity contribution in [1.29, 1.82) is 0 Å². The van der Waals surface area contributed by atoms with Gasteiger partial charge in [-0.15, -0.1) is 0 Å². The lowest BCUT2D eigenvalue weighted by atomic mass is 10.2. The van der Waals surface area contributed by atoms with E-state index >= 15 is 0 Å². The molecule has 1 aliphatic rings. The van der Waals surface area contributed by atoms with Crippen LogP contribution in [-0.2, 0) is 5.75 Å². The lowest BCUT2D eigenvalue weighted by Gasteiger charge is -2.13. The van der Waals surface area contributed by atoms with E-state index in [4.69, 9.17) is 4.52 Å². The second-order valence-electron chi connectivity index (χ2n) is 3.56. The normalized spacial score (nSPS) is 16.0. The topological polar surface area (TPSA) is 50.4 Å². The summed E-state index contributed by atoms with van der Waals surface area (Å²) in [7, 11) is 0. The molecule has 5 heteroatoms. The summed E-state index contributed by atoms with van der Waals surface area (Å²) in [4.78, 5) is 4.41. The van der Waals surface area contributed by atoms with Gasteiger partial charge in [0.25, 0.3) is 0 Å². The Labute approximate surface area is 93.5 Å². The molecule has 0 radical (unpaired) electrons. The first-order valence-electron chi connectivity index (χ1n) is 5.10. The van der Waals surface area contributed by atoms with Crippen molar-refractivity contribution in [3.63, 3.8) is 0 Å². The highest BCUT2D eigenvalue weighted by Gasteiger charge is 2.11. The summed E-state index contributed by atoms with van der Waals surface area (Å²) in [6.07, 6.45) is 1.13. The van der Waals surface area contributed by atoms with Gasteiger partial charge in [-0.1, -0.05) is 16.9 Å². The lowest BCUT2D eigenvalue weighted by Crippen LogP contribution is -2.26. The molecule has 1 aromatic heterocycles. The zero-order valence-electron chi connectivity index (χ0n) is 9.04. The number of amidine groups is 1. The van der Waals surface area contributed by atoms with Gasteiger partial charge in [0.1, 0.15) is 5.76 Å². The van der Waals surface area contributed by atoms with Crippen LogP contribution in [0.25, 0.3) is 0 Å². The van der Waals surface area contributed by atoms with Gasteiger partial charge in [-0.3, -0.25) is 4.99 Å². The maximum Gasteiger partial charge on any atom is 0.156 e. The molecule has 82 valence electrons. The smallest absolute Gasteiger partial charge is 0.156 e. The Bertz CT molecular complexity index is 353. The van der Waals surface area contributed by atoms with Gasteiger partial charge in [0, 0.05) is 24.4 Å². The molecule has 0 fully saturated rings. The van der Waals surface area contributed by atoms with Crippen LogP contribution in [0.2, 0.25) is 0 Å². The number of nitrogens with zero attached hydrogens (tertiary/aromatic N) is 2. The number of aliphatic imine (C=N–C) groups is 1. The number of aryl methyl sites for hydroxylation is 2. The van der Waals surface area contributed by atoms with E-state index in [9.17, 15) is 0 Å². The molecular formula is C10H15N3OS. The van der Waals surface area contributed by atoms with Crippen LogP contribution >= 0.6 is 11.8 Å². The minimum absolute atomic E-state index is 0.882. The summed E-state index contributed by atoms with van der Waals surface area (Å²) in [6, 6.07) is 0. The highest BCUT2D eigenvalue weighted by molar-refractivity contribution is 8.13. The molecule has 0 amide bonds. The summed E-state index contributed by atoms with van der Waals surface area (Å²) in [5, 5.41) is 8.26. The van der Waals surface area contributed by atoms with Gasteiger partial charge in [-0.25, -0.2) is 0 Å². The van der Waals surface area contributed by atoms with Crippen LogP contribution in [0.3, 0.4) is 0 Å². The number of hydrogen-bond donors (Lipinski definition) is 1. The van der Waals surface area contributed by atoms with Gasteiger partial charge in [-0.05, 0) is 20.3 Å². The second-order valence-corrected chi connectivity index (χ2v) is 4.52. The summed E-state index contributed by atoms with van der Waals surface area (Å²) in [5.74, 6) is 1.80. The van der Waals surface area contributed by atoms with Crippen molar-refractivity contribution in [1.82, 2.24) is 10.5 Å².